The van der Waals surface area contributed by atoms with E-state index in [0.717, 1.165) is 62.4 Å². The Morgan fingerprint density at radius 1 is 1.24 bits per heavy atom. The normalized spacial score (nSPS) is 23.2. The zero-order valence-corrected chi connectivity index (χ0v) is 17.0. The van der Waals surface area contributed by atoms with Gasteiger partial charge in [0.1, 0.15) is 6.07 Å². The van der Waals surface area contributed by atoms with Crippen LogP contribution in [0.25, 0.3) is 10.9 Å². The van der Waals surface area contributed by atoms with Crippen LogP contribution in [0.3, 0.4) is 0 Å². The number of nitriles is 1. The van der Waals surface area contributed by atoms with Crippen molar-refractivity contribution in [3.8, 4) is 6.07 Å². The van der Waals surface area contributed by atoms with Gasteiger partial charge in [0.05, 0.1) is 23.3 Å². The Morgan fingerprint density at radius 2 is 2.03 bits per heavy atom. The van der Waals surface area contributed by atoms with Crippen molar-refractivity contribution in [3.63, 3.8) is 0 Å². The highest BCUT2D eigenvalue weighted by molar-refractivity contribution is 5.95. The van der Waals surface area contributed by atoms with Crippen LogP contribution in [0.1, 0.15) is 19.4 Å². The molecule has 152 valence electrons. The molecular weight excluding hydrogens is 366 g/mol. The van der Waals surface area contributed by atoms with Gasteiger partial charge in [-0.3, -0.25) is 14.7 Å². The number of piperazine rings is 1. The number of pyridine rings is 1. The molecule has 29 heavy (non-hydrogen) atoms. The van der Waals surface area contributed by atoms with Gasteiger partial charge >= 0.3 is 0 Å². The highest BCUT2D eigenvalue weighted by atomic mass is 16.5. The topological polar surface area (TPSA) is 72.7 Å². The summed E-state index contributed by atoms with van der Waals surface area (Å²) in [5, 5.41) is 10.4. The fraction of sp³-hybridized carbons (Fsp3) is 0.500. The third-order valence-corrected chi connectivity index (χ3v) is 5.81. The van der Waals surface area contributed by atoms with E-state index in [4.69, 9.17) is 4.74 Å². The molecule has 7 heteroatoms. The molecule has 0 bridgehead atoms. The van der Waals surface area contributed by atoms with E-state index >= 15 is 0 Å². The van der Waals surface area contributed by atoms with Crippen molar-refractivity contribution in [1.82, 2.24) is 14.8 Å². The Kier molecular flexibility index (Phi) is 5.65. The molecule has 2 atom stereocenters. The average Bonchev–Trinajstić information content (AvgIpc) is 2.73. The largest absolute Gasteiger partial charge is 0.370 e. The van der Waals surface area contributed by atoms with Gasteiger partial charge in [-0.25, -0.2) is 0 Å². The maximum absolute atomic E-state index is 11.5. The van der Waals surface area contributed by atoms with Crippen LogP contribution in [0.2, 0.25) is 0 Å². The fourth-order valence-corrected chi connectivity index (χ4v) is 4.40. The van der Waals surface area contributed by atoms with Crippen LogP contribution in [-0.2, 0) is 9.53 Å². The molecule has 7 nitrogen and oxygen atoms in total. The minimum absolute atomic E-state index is 0.102. The zero-order chi connectivity index (χ0) is 20.4. The molecule has 0 spiro atoms. The number of hydrogen-bond donors (Lipinski definition) is 0. The van der Waals surface area contributed by atoms with Crippen molar-refractivity contribution in [2.75, 3.05) is 50.7 Å². The van der Waals surface area contributed by atoms with E-state index in [9.17, 15) is 10.1 Å². The predicted octanol–water partition coefficient (Wildman–Crippen LogP) is 1.86. The average molecular weight is 393 g/mol. The molecule has 2 aromatic rings. The van der Waals surface area contributed by atoms with Crippen LogP contribution in [0.4, 0.5) is 5.69 Å². The summed E-state index contributed by atoms with van der Waals surface area (Å²) >= 11 is 0. The van der Waals surface area contributed by atoms with Crippen LogP contribution in [0, 0.1) is 11.3 Å². The summed E-state index contributed by atoms with van der Waals surface area (Å²) in [6, 6.07) is 10.1. The monoisotopic (exact) mass is 393 g/mol. The Bertz CT molecular complexity index is 932. The van der Waals surface area contributed by atoms with E-state index in [0.29, 0.717) is 5.56 Å². The summed E-state index contributed by atoms with van der Waals surface area (Å²) in [6.45, 7) is 9.56. The van der Waals surface area contributed by atoms with Gasteiger partial charge in [0.2, 0.25) is 5.91 Å². The third kappa shape index (κ3) is 4.19. The molecule has 0 radical (unpaired) electrons. The first-order chi connectivity index (χ1) is 14.0. The SMILES string of the molecule is CC(=O)N1CCN(C[C@@H]2CN(c3ccc(C#N)c4ncccc34)C[C@@H](C)O2)CC1. The van der Waals surface area contributed by atoms with Crippen LogP contribution in [0.15, 0.2) is 30.5 Å². The van der Waals surface area contributed by atoms with Gasteiger partial charge in [-0.05, 0) is 31.2 Å². The second-order valence-electron chi connectivity index (χ2n) is 7.92. The lowest BCUT2D eigenvalue weighted by Gasteiger charge is -2.42. The molecular formula is C22H27N5O2. The number of carbonyl (C=O) groups is 1. The van der Waals surface area contributed by atoms with Crippen molar-refractivity contribution in [2.24, 2.45) is 0 Å². The number of fused-ring (bicyclic) bond motifs is 1. The number of ether oxygens (including phenoxy) is 1. The molecule has 2 aliphatic rings. The van der Waals surface area contributed by atoms with Gasteiger partial charge in [0.25, 0.3) is 0 Å². The standard InChI is InChI=1S/C22H27N5O2/c1-16-13-27(21-6-5-18(12-23)22-20(21)4-3-7-24-22)15-19(29-16)14-25-8-10-26(11-9-25)17(2)28/h3-7,16,19H,8-11,13-15H2,1-2H3/t16-,19-/m1/s1. The van der Waals surface area contributed by atoms with E-state index in [1.807, 2.05) is 29.2 Å². The molecule has 1 aromatic heterocycles. The number of hydrogen-bond acceptors (Lipinski definition) is 6. The Morgan fingerprint density at radius 3 is 2.76 bits per heavy atom. The highest BCUT2D eigenvalue weighted by Crippen LogP contribution is 2.30. The second kappa shape index (κ2) is 8.36. The number of morpholine rings is 1. The van der Waals surface area contributed by atoms with E-state index in [2.05, 4.69) is 27.8 Å². The number of benzene rings is 1. The zero-order valence-electron chi connectivity index (χ0n) is 17.0. The molecule has 0 unspecified atom stereocenters. The Balaban J connectivity index is 1.50. The third-order valence-electron chi connectivity index (χ3n) is 5.81. The van der Waals surface area contributed by atoms with Crippen LogP contribution < -0.4 is 4.90 Å². The molecule has 0 N–H and O–H groups in total. The quantitative estimate of drug-likeness (QED) is 0.793. The van der Waals surface area contributed by atoms with Gasteiger partial charge in [-0.1, -0.05) is 0 Å². The van der Waals surface area contributed by atoms with Crippen molar-refractivity contribution in [3.05, 3.63) is 36.0 Å². The first-order valence-electron chi connectivity index (χ1n) is 10.2. The highest BCUT2D eigenvalue weighted by Gasteiger charge is 2.29. The van der Waals surface area contributed by atoms with Crippen molar-refractivity contribution in [2.45, 2.75) is 26.1 Å². The minimum Gasteiger partial charge on any atom is -0.370 e. The molecule has 4 rings (SSSR count). The maximum Gasteiger partial charge on any atom is 0.219 e. The van der Waals surface area contributed by atoms with E-state index in [1.54, 1.807) is 13.1 Å². The summed E-state index contributed by atoms with van der Waals surface area (Å²) in [7, 11) is 0. The number of amides is 1. The lowest BCUT2D eigenvalue weighted by molar-refractivity contribution is -0.130. The molecule has 3 heterocycles. The van der Waals surface area contributed by atoms with Gasteiger partial charge < -0.3 is 14.5 Å². The first kappa shape index (κ1) is 19.6. The lowest BCUT2D eigenvalue weighted by Crippen LogP contribution is -2.54. The molecule has 2 fully saturated rings. The fourth-order valence-electron chi connectivity index (χ4n) is 4.40. The van der Waals surface area contributed by atoms with Gasteiger partial charge in [0, 0.05) is 70.0 Å². The summed E-state index contributed by atoms with van der Waals surface area (Å²) in [4.78, 5) is 22.6. The predicted molar refractivity (Wildman–Crippen MR) is 112 cm³/mol. The van der Waals surface area contributed by atoms with Gasteiger partial charge in [-0.2, -0.15) is 5.26 Å². The summed E-state index contributed by atoms with van der Waals surface area (Å²) in [6.07, 6.45) is 1.96. The number of carbonyl (C=O) groups excluding carboxylic acids is 1. The smallest absolute Gasteiger partial charge is 0.219 e. The minimum atomic E-state index is 0.102. The number of nitrogens with zero attached hydrogens (tertiary/aromatic N) is 5. The molecule has 2 saturated heterocycles. The van der Waals surface area contributed by atoms with Gasteiger partial charge in [0.15, 0.2) is 0 Å². The number of aromatic nitrogens is 1. The number of rotatable bonds is 3. The van der Waals surface area contributed by atoms with Crippen LogP contribution in [-0.4, -0.2) is 78.7 Å². The van der Waals surface area contributed by atoms with E-state index in [1.165, 1.54) is 0 Å². The maximum atomic E-state index is 11.5. The summed E-state index contributed by atoms with van der Waals surface area (Å²) in [5.74, 6) is 0.152. The van der Waals surface area contributed by atoms with Crippen LogP contribution >= 0.6 is 0 Å². The Hall–Kier alpha value is -2.69. The molecule has 2 aliphatic heterocycles. The van der Waals surface area contributed by atoms with E-state index in [-0.39, 0.29) is 18.1 Å². The lowest BCUT2D eigenvalue weighted by atomic mass is 10.1. The summed E-state index contributed by atoms with van der Waals surface area (Å²) in [5.41, 5.74) is 2.46. The molecule has 1 aromatic carbocycles. The molecule has 0 aliphatic carbocycles. The Labute approximate surface area is 171 Å². The van der Waals surface area contributed by atoms with Crippen molar-refractivity contribution >= 4 is 22.5 Å². The molecule has 1 amide bonds. The van der Waals surface area contributed by atoms with Crippen molar-refractivity contribution in [1.29, 1.82) is 5.26 Å². The second-order valence-corrected chi connectivity index (χ2v) is 7.92. The van der Waals surface area contributed by atoms with Gasteiger partial charge in [-0.15, -0.1) is 0 Å². The summed E-state index contributed by atoms with van der Waals surface area (Å²) < 4.78 is 6.24. The molecule has 0 saturated carbocycles. The van der Waals surface area contributed by atoms with E-state index < -0.39 is 0 Å². The van der Waals surface area contributed by atoms with Crippen molar-refractivity contribution < 1.29 is 9.53 Å². The van der Waals surface area contributed by atoms with Crippen LogP contribution in [0.5, 0.6) is 0 Å². The first-order valence-corrected chi connectivity index (χ1v) is 10.2. The number of anilines is 1.